The van der Waals surface area contributed by atoms with Crippen LogP contribution in [0.25, 0.3) is 0 Å². The maximum Gasteiger partial charge on any atom is 0.126 e. The Morgan fingerprint density at radius 3 is 1.82 bits per heavy atom. The van der Waals surface area contributed by atoms with Gasteiger partial charge in [0.15, 0.2) is 0 Å². The van der Waals surface area contributed by atoms with Crippen LogP contribution in [0.2, 0.25) is 0 Å². The molecule has 0 aliphatic rings. The SMILES string of the molecule is C=C/C=C(\C=C)C(N)=NC(c1ccccc1)c1ccccc1. The highest BCUT2D eigenvalue weighted by molar-refractivity contribution is 5.99. The second-order valence-electron chi connectivity index (χ2n) is 4.80. The molecule has 0 amide bonds. The number of hydrogen-bond acceptors (Lipinski definition) is 1. The van der Waals surface area contributed by atoms with E-state index >= 15 is 0 Å². The zero-order chi connectivity index (χ0) is 15.8. The van der Waals surface area contributed by atoms with Gasteiger partial charge in [0.25, 0.3) is 0 Å². The van der Waals surface area contributed by atoms with Gasteiger partial charge in [-0.3, -0.25) is 4.99 Å². The Morgan fingerprint density at radius 1 is 0.909 bits per heavy atom. The van der Waals surface area contributed by atoms with E-state index < -0.39 is 0 Å². The van der Waals surface area contributed by atoms with Crippen molar-refractivity contribution < 1.29 is 0 Å². The largest absolute Gasteiger partial charge is 0.383 e. The Morgan fingerprint density at radius 2 is 1.41 bits per heavy atom. The lowest BCUT2D eigenvalue weighted by Crippen LogP contribution is -2.16. The van der Waals surface area contributed by atoms with Crippen molar-refractivity contribution in [1.29, 1.82) is 0 Å². The van der Waals surface area contributed by atoms with Crippen molar-refractivity contribution in [1.82, 2.24) is 0 Å². The smallest absolute Gasteiger partial charge is 0.126 e. The average molecular weight is 288 g/mol. The molecule has 0 unspecified atom stereocenters. The van der Waals surface area contributed by atoms with Gasteiger partial charge < -0.3 is 5.73 Å². The number of hydrogen-bond donors (Lipinski definition) is 1. The summed E-state index contributed by atoms with van der Waals surface area (Å²) in [5.41, 5.74) is 9.12. The highest BCUT2D eigenvalue weighted by Gasteiger charge is 2.13. The van der Waals surface area contributed by atoms with E-state index in [9.17, 15) is 0 Å². The minimum absolute atomic E-state index is 0.143. The molecule has 0 fully saturated rings. The Bertz CT molecular complexity index is 643. The van der Waals surface area contributed by atoms with Crippen molar-refractivity contribution in [2.45, 2.75) is 6.04 Å². The Kier molecular flexibility index (Phi) is 5.50. The van der Waals surface area contributed by atoms with E-state index in [2.05, 4.69) is 37.4 Å². The summed E-state index contributed by atoms with van der Waals surface area (Å²) < 4.78 is 0. The average Bonchev–Trinajstić information content (AvgIpc) is 2.59. The fraction of sp³-hybridized carbons (Fsp3) is 0.0500. The molecular formula is C20H20N2. The molecule has 0 heterocycles. The molecule has 0 atom stereocenters. The third kappa shape index (κ3) is 3.83. The van der Waals surface area contributed by atoms with Crippen molar-refractivity contribution in [2.75, 3.05) is 0 Å². The summed E-state index contributed by atoms with van der Waals surface area (Å²) in [6, 6.07) is 20.1. The second-order valence-corrected chi connectivity index (χ2v) is 4.80. The van der Waals surface area contributed by atoms with Crippen LogP contribution in [0.3, 0.4) is 0 Å². The first kappa shape index (κ1) is 15.5. The van der Waals surface area contributed by atoms with Crippen LogP contribution in [0.15, 0.2) is 103 Å². The third-order valence-electron chi connectivity index (χ3n) is 3.31. The molecule has 0 aliphatic heterocycles. The minimum Gasteiger partial charge on any atom is -0.383 e. The molecule has 2 aromatic rings. The number of nitrogens with two attached hydrogens (primary N) is 1. The van der Waals surface area contributed by atoms with Gasteiger partial charge in [-0.05, 0) is 11.1 Å². The second kappa shape index (κ2) is 7.79. The molecule has 0 bridgehead atoms. The molecule has 0 saturated carbocycles. The fourth-order valence-corrected chi connectivity index (χ4v) is 2.21. The first-order valence-corrected chi connectivity index (χ1v) is 7.15. The molecule has 0 spiro atoms. The molecule has 110 valence electrons. The minimum atomic E-state index is -0.143. The lowest BCUT2D eigenvalue weighted by molar-refractivity contribution is 0.870. The predicted molar refractivity (Wildman–Crippen MR) is 94.8 cm³/mol. The molecule has 22 heavy (non-hydrogen) atoms. The van der Waals surface area contributed by atoms with E-state index in [-0.39, 0.29) is 6.04 Å². The summed E-state index contributed by atoms with van der Waals surface area (Å²) in [6.45, 7) is 7.47. The van der Waals surface area contributed by atoms with Crippen molar-refractivity contribution in [3.63, 3.8) is 0 Å². The van der Waals surface area contributed by atoms with Crippen LogP contribution in [0.1, 0.15) is 17.2 Å². The van der Waals surface area contributed by atoms with Gasteiger partial charge in [0.1, 0.15) is 11.9 Å². The van der Waals surface area contributed by atoms with E-state index in [0.717, 1.165) is 16.7 Å². The molecule has 2 N–H and O–H groups in total. The van der Waals surface area contributed by atoms with Gasteiger partial charge in [0.05, 0.1) is 0 Å². The van der Waals surface area contributed by atoms with Crippen LogP contribution < -0.4 is 5.73 Å². The zero-order valence-electron chi connectivity index (χ0n) is 12.5. The Labute approximate surface area is 132 Å². The van der Waals surface area contributed by atoms with E-state index in [1.807, 2.05) is 36.4 Å². The molecule has 0 saturated heterocycles. The summed E-state index contributed by atoms with van der Waals surface area (Å²) >= 11 is 0. The van der Waals surface area contributed by atoms with Crippen molar-refractivity contribution in [3.8, 4) is 0 Å². The molecule has 2 aromatic carbocycles. The summed E-state index contributed by atoms with van der Waals surface area (Å²) in [5, 5.41) is 0. The Hall–Kier alpha value is -2.87. The van der Waals surface area contributed by atoms with Crippen molar-refractivity contribution in [2.24, 2.45) is 10.7 Å². The van der Waals surface area contributed by atoms with Crippen molar-refractivity contribution in [3.05, 3.63) is 109 Å². The number of nitrogens with zero attached hydrogens (tertiary/aromatic N) is 1. The fourth-order valence-electron chi connectivity index (χ4n) is 2.21. The summed E-state index contributed by atoms with van der Waals surface area (Å²) in [7, 11) is 0. The lowest BCUT2D eigenvalue weighted by Gasteiger charge is -2.15. The van der Waals surface area contributed by atoms with Crippen LogP contribution in [0, 0.1) is 0 Å². The van der Waals surface area contributed by atoms with Crippen LogP contribution in [-0.2, 0) is 0 Å². The highest BCUT2D eigenvalue weighted by Crippen LogP contribution is 2.26. The standard InChI is InChI=1S/C20H20N2/c1-3-11-16(4-2)20(21)22-19(17-12-7-5-8-13-17)18-14-9-6-10-15-18/h3-15,19H,1-2H2,(H2,21,22)/b16-11+. The molecule has 2 nitrogen and oxygen atoms in total. The summed E-state index contributed by atoms with van der Waals surface area (Å²) in [6.07, 6.45) is 5.17. The van der Waals surface area contributed by atoms with Gasteiger partial charge in [-0.1, -0.05) is 92.0 Å². The van der Waals surface area contributed by atoms with Gasteiger partial charge in [-0.2, -0.15) is 0 Å². The number of allylic oxidation sites excluding steroid dienone is 2. The van der Waals surface area contributed by atoms with Crippen LogP contribution in [0.4, 0.5) is 0 Å². The number of amidine groups is 1. The first-order valence-electron chi connectivity index (χ1n) is 7.15. The van der Waals surface area contributed by atoms with E-state index in [0.29, 0.717) is 5.84 Å². The van der Waals surface area contributed by atoms with E-state index in [4.69, 9.17) is 10.7 Å². The molecule has 0 radical (unpaired) electrons. The molecule has 0 aromatic heterocycles. The topological polar surface area (TPSA) is 38.4 Å². The number of rotatable bonds is 6. The van der Waals surface area contributed by atoms with Gasteiger partial charge >= 0.3 is 0 Å². The van der Waals surface area contributed by atoms with Gasteiger partial charge in [-0.25, -0.2) is 0 Å². The number of aliphatic imine (C=N–C) groups is 1. The van der Waals surface area contributed by atoms with E-state index in [1.54, 1.807) is 18.2 Å². The Balaban J connectivity index is 2.48. The maximum atomic E-state index is 6.15. The van der Waals surface area contributed by atoms with Gasteiger partial charge in [0.2, 0.25) is 0 Å². The van der Waals surface area contributed by atoms with Gasteiger partial charge in [-0.15, -0.1) is 0 Å². The normalized spacial score (nSPS) is 12.2. The van der Waals surface area contributed by atoms with E-state index in [1.165, 1.54) is 0 Å². The molecule has 2 heteroatoms. The predicted octanol–water partition coefficient (Wildman–Crippen LogP) is 4.43. The van der Waals surface area contributed by atoms with Crippen LogP contribution >= 0.6 is 0 Å². The molecule has 2 rings (SSSR count). The van der Waals surface area contributed by atoms with Crippen LogP contribution in [-0.4, -0.2) is 5.84 Å². The quantitative estimate of drug-likeness (QED) is 0.476. The maximum absolute atomic E-state index is 6.15. The summed E-state index contributed by atoms with van der Waals surface area (Å²) in [4.78, 5) is 4.71. The first-order chi connectivity index (χ1) is 10.8. The highest BCUT2D eigenvalue weighted by atomic mass is 14.9. The molecule has 0 aliphatic carbocycles. The van der Waals surface area contributed by atoms with Crippen molar-refractivity contribution >= 4 is 5.84 Å². The number of benzene rings is 2. The lowest BCUT2D eigenvalue weighted by atomic mass is 9.99. The monoisotopic (exact) mass is 288 g/mol. The third-order valence-corrected chi connectivity index (χ3v) is 3.31. The van der Waals surface area contributed by atoms with Crippen LogP contribution in [0.5, 0.6) is 0 Å². The van der Waals surface area contributed by atoms with Gasteiger partial charge in [0, 0.05) is 5.57 Å². The zero-order valence-corrected chi connectivity index (χ0v) is 12.5. The summed E-state index contributed by atoms with van der Waals surface area (Å²) in [5.74, 6) is 0.451. The molecular weight excluding hydrogens is 268 g/mol.